The van der Waals surface area contributed by atoms with Gasteiger partial charge in [-0.3, -0.25) is 15.1 Å². The fraction of sp³-hybridized carbons (Fsp3) is 0.316. The van der Waals surface area contributed by atoms with Crippen molar-refractivity contribution in [3.8, 4) is 0 Å². The van der Waals surface area contributed by atoms with Gasteiger partial charge < -0.3 is 10.1 Å². The van der Waals surface area contributed by atoms with Crippen LogP contribution in [0.1, 0.15) is 49.8 Å². The lowest BCUT2D eigenvalue weighted by Crippen LogP contribution is -2.28. The second kappa shape index (κ2) is 7.79. The molecule has 2 rings (SSSR count). The zero-order chi connectivity index (χ0) is 18.4. The van der Waals surface area contributed by atoms with E-state index >= 15 is 0 Å². The van der Waals surface area contributed by atoms with Crippen LogP contribution >= 0.6 is 0 Å². The lowest BCUT2D eigenvalue weighted by atomic mass is 10.1. The summed E-state index contributed by atoms with van der Waals surface area (Å²) in [5.41, 5.74) is 1.28. The van der Waals surface area contributed by atoms with Crippen molar-refractivity contribution < 1.29 is 14.3 Å². The summed E-state index contributed by atoms with van der Waals surface area (Å²) in [5, 5.41) is 5.52. The summed E-state index contributed by atoms with van der Waals surface area (Å²) < 4.78 is 5.18. The van der Waals surface area contributed by atoms with Crippen molar-refractivity contribution >= 4 is 17.7 Å². The molecule has 2 amide bonds. The molecule has 1 atom stereocenters. The minimum absolute atomic E-state index is 0.201. The number of amides is 2. The van der Waals surface area contributed by atoms with Gasteiger partial charge in [0.2, 0.25) is 0 Å². The highest BCUT2D eigenvalue weighted by molar-refractivity contribution is 5.95. The fourth-order valence-corrected chi connectivity index (χ4v) is 2.11. The highest BCUT2D eigenvalue weighted by atomic mass is 16.6. The van der Waals surface area contributed by atoms with Crippen LogP contribution < -0.4 is 10.6 Å². The first-order valence-corrected chi connectivity index (χ1v) is 8.06. The number of nitrogens with one attached hydrogen (secondary N) is 2. The van der Waals surface area contributed by atoms with Gasteiger partial charge >= 0.3 is 6.09 Å². The van der Waals surface area contributed by atoms with E-state index in [1.807, 2.05) is 25.1 Å². The summed E-state index contributed by atoms with van der Waals surface area (Å²) in [7, 11) is 0. The van der Waals surface area contributed by atoms with Gasteiger partial charge in [0.15, 0.2) is 0 Å². The zero-order valence-electron chi connectivity index (χ0n) is 14.9. The molecule has 6 heteroatoms. The van der Waals surface area contributed by atoms with E-state index in [2.05, 4.69) is 15.6 Å². The summed E-state index contributed by atoms with van der Waals surface area (Å²) in [6.45, 7) is 7.26. The number of benzene rings is 1. The summed E-state index contributed by atoms with van der Waals surface area (Å²) in [5.74, 6) is -0.207. The largest absolute Gasteiger partial charge is 0.444 e. The second-order valence-corrected chi connectivity index (χ2v) is 6.65. The smallest absolute Gasteiger partial charge is 0.412 e. The third kappa shape index (κ3) is 5.91. The Morgan fingerprint density at radius 3 is 2.32 bits per heavy atom. The maximum absolute atomic E-state index is 12.3. The number of carbonyl (C=O) groups is 2. The van der Waals surface area contributed by atoms with Crippen molar-refractivity contribution in [1.29, 1.82) is 0 Å². The Kier molecular flexibility index (Phi) is 5.75. The molecule has 0 bridgehead atoms. The first-order chi connectivity index (χ1) is 11.7. The second-order valence-electron chi connectivity index (χ2n) is 6.65. The molecule has 0 aliphatic carbocycles. The molecule has 0 radical (unpaired) electrons. The number of aromatic nitrogens is 1. The topological polar surface area (TPSA) is 80.3 Å². The van der Waals surface area contributed by atoms with Crippen molar-refractivity contribution in [2.45, 2.75) is 39.3 Å². The van der Waals surface area contributed by atoms with Crippen molar-refractivity contribution in [1.82, 2.24) is 10.3 Å². The lowest BCUT2D eigenvalue weighted by molar-refractivity contribution is 0.0635. The molecule has 25 heavy (non-hydrogen) atoms. The van der Waals surface area contributed by atoms with Gasteiger partial charge in [0.25, 0.3) is 5.91 Å². The summed E-state index contributed by atoms with van der Waals surface area (Å²) in [6, 6.07) is 12.0. The van der Waals surface area contributed by atoms with Crippen LogP contribution in [0, 0.1) is 0 Å². The van der Waals surface area contributed by atoms with Crippen LogP contribution in [0.4, 0.5) is 10.5 Å². The number of anilines is 1. The third-order valence-corrected chi connectivity index (χ3v) is 3.27. The quantitative estimate of drug-likeness (QED) is 0.883. The van der Waals surface area contributed by atoms with Crippen molar-refractivity contribution in [3.05, 3.63) is 59.9 Å². The standard InChI is InChI=1S/C19H23N3O3/c1-13(16-7-5-6-12-20-16)21-17(23)14-8-10-15(11-9-14)22-18(24)25-19(2,3)4/h5-13H,1-4H3,(H,21,23)(H,22,24)/t13-/m0/s1. The molecule has 0 aliphatic heterocycles. The van der Waals surface area contributed by atoms with Crippen LogP contribution in [0.3, 0.4) is 0 Å². The SMILES string of the molecule is C[C@H](NC(=O)c1ccc(NC(=O)OC(C)(C)C)cc1)c1ccccn1. The first-order valence-electron chi connectivity index (χ1n) is 8.06. The molecule has 0 aliphatic rings. The Morgan fingerprint density at radius 2 is 1.76 bits per heavy atom. The zero-order valence-corrected chi connectivity index (χ0v) is 14.9. The highest BCUT2D eigenvalue weighted by Crippen LogP contribution is 2.14. The van der Waals surface area contributed by atoms with Crippen molar-refractivity contribution in [2.75, 3.05) is 5.32 Å². The Bertz CT molecular complexity index is 722. The highest BCUT2D eigenvalue weighted by Gasteiger charge is 2.16. The van der Waals surface area contributed by atoms with Gasteiger partial charge in [-0.15, -0.1) is 0 Å². The van der Waals surface area contributed by atoms with Gasteiger partial charge in [-0.05, 0) is 64.1 Å². The summed E-state index contributed by atoms with van der Waals surface area (Å²) in [4.78, 5) is 28.3. The van der Waals surface area contributed by atoms with Crippen molar-refractivity contribution in [2.24, 2.45) is 0 Å². The summed E-state index contributed by atoms with van der Waals surface area (Å²) >= 11 is 0. The van der Waals surface area contributed by atoms with Crippen LogP contribution in [-0.2, 0) is 4.74 Å². The Labute approximate surface area is 147 Å². The minimum Gasteiger partial charge on any atom is -0.444 e. The number of ether oxygens (including phenoxy) is 1. The molecule has 6 nitrogen and oxygen atoms in total. The van der Waals surface area contributed by atoms with E-state index in [1.54, 1.807) is 51.2 Å². The van der Waals surface area contributed by atoms with E-state index in [4.69, 9.17) is 4.74 Å². The van der Waals surface area contributed by atoms with Crippen LogP contribution in [0.5, 0.6) is 0 Å². The molecule has 0 saturated carbocycles. The maximum atomic E-state index is 12.3. The van der Waals surface area contributed by atoms with Gasteiger partial charge in [0.1, 0.15) is 5.60 Å². The molecule has 1 aromatic heterocycles. The van der Waals surface area contributed by atoms with E-state index in [0.29, 0.717) is 11.3 Å². The molecule has 1 aromatic carbocycles. The number of hydrogen-bond donors (Lipinski definition) is 2. The Morgan fingerprint density at radius 1 is 1.08 bits per heavy atom. The number of carbonyl (C=O) groups excluding carboxylic acids is 2. The molecule has 0 saturated heterocycles. The number of pyridine rings is 1. The van der Waals surface area contributed by atoms with Crippen LogP contribution in [0.2, 0.25) is 0 Å². The monoisotopic (exact) mass is 341 g/mol. The fourth-order valence-electron chi connectivity index (χ4n) is 2.11. The van der Waals surface area contributed by atoms with Gasteiger partial charge in [-0.2, -0.15) is 0 Å². The normalized spacial score (nSPS) is 12.2. The number of rotatable bonds is 4. The van der Waals surface area contributed by atoms with Gasteiger partial charge in [-0.25, -0.2) is 4.79 Å². The van der Waals surface area contributed by atoms with Crippen LogP contribution in [-0.4, -0.2) is 22.6 Å². The van der Waals surface area contributed by atoms with E-state index in [1.165, 1.54) is 0 Å². The van der Waals surface area contributed by atoms with Gasteiger partial charge in [0.05, 0.1) is 11.7 Å². The predicted octanol–water partition coefficient (Wildman–Crippen LogP) is 3.92. The third-order valence-electron chi connectivity index (χ3n) is 3.27. The number of hydrogen-bond acceptors (Lipinski definition) is 4. The molecule has 1 heterocycles. The Hall–Kier alpha value is -2.89. The first kappa shape index (κ1) is 18.4. The van der Waals surface area contributed by atoms with Crippen LogP contribution in [0.25, 0.3) is 0 Å². The van der Waals surface area contributed by atoms with E-state index < -0.39 is 11.7 Å². The molecular formula is C19H23N3O3. The van der Waals surface area contributed by atoms with Gasteiger partial charge in [0, 0.05) is 17.4 Å². The van der Waals surface area contributed by atoms with E-state index in [9.17, 15) is 9.59 Å². The average molecular weight is 341 g/mol. The Balaban J connectivity index is 1.95. The van der Waals surface area contributed by atoms with E-state index in [0.717, 1.165) is 5.69 Å². The average Bonchev–Trinajstić information content (AvgIpc) is 2.54. The molecule has 2 N–H and O–H groups in total. The molecule has 0 fully saturated rings. The van der Waals surface area contributed by atoms with Crippen molar-refractivity contribution in [3.63, 3.8) is 0 Å². The molecule has 0 unspecified atom stereocenters. The predicted molar refractivity (Wildman–Crippen MR) is 96.4 cm³/mol. The molecular weight excluding hydrogens is 318 g/mol. The van der Waals surface area contributed by atoms with Crippen LogP contribution in [0.15, 0.2) is 48.7 Å². The lowest BCUT2D eigenvalue weighted by Gasteiger charge is -2.19. The molecule has 0 spiro atoms. The minimum atomic E-state index is -0.564. The van der Waals surface area contributed by atoms with E-state index in [-0.39, 0.29) is 11.9 Å². The summed E-state index contributed by atoms with van der Waals surface area (Å²) in [6.07, 6.45) is 1.16. The molecule has 132 valence electrons. The number of nitrogens with zero attached hydrogens (tertiary/aromatic N) is 1. The molecule has 2 aromatic rings. The maximum Gasteiger partial charge on any atom is 0.412 e. The van der Waals surface area contributed by atoms with Gasteiger partial charge in [-0.1, -0.05) is 6.07 Å².